The second kappa shape index (κ2) is 12.8. The summed E-state index contributed by atoms with van der Waals surface area (Å²) < 4.78 is 46.2. The van der Waals surface area contributed by atoms with Crippen molar-refractivity contribution in [3.05, 3.63) is 59.8 Å². The van der Waals surface area contributed by atoms with Crippen LogP contribution in [-0.4, -0.2) is 65.7 Å². The van der Waals surface area contributed by atoms with Gasteiger partial charge in [0.2, 0.25) is 5.91 Å². The molecule has 2 aromatic carbocycles. The minimum Gasteiger partial charge on any atom is -0.494 e. The molecule has 1 saturated heterocycles. The Morgan fingerprint density at radius 2 is 1.73 bits per heavy atom. The number of fused-ring (bicyclic) bond motifs is 1. The molecule has 220 valence electrons. The topological polar surface area (TPSA) is 95.0 Å². The van der Waals surface area contributed by atoms with E-state index in [0.29, 0.717) is 55.0 Å². The van der Waals surface area contributed by atoms with Crippen molar-refractivity contribution in [3.8, 4) is 5.75 Å². The van der Waals surface area contributed by atoms with E-state index in [1.165, 1.54) is 0 Å². The minimum atomic E-state index is -4.60. The number of ether oxygens (including phenoxy) is 1. The number of nitrogens with one attached hydrogen (secondary N) is 1. The van der Waals surface area contributed by atoms with Crippen molar-refractivity contribution in [3.63, 3.8) is 0 Å². The average Bonchev–Trinajstić information content (AvgIpc) is 2.95. The molecule has 1 aromatic heterocycles. The Bertz CT molecular complexity index is 1370. The van der Waals surface area contributed by atoms with E-state index in [1.807, 2.05) is 31.7 Å². The highest BCUT2D eigenvalue weighted by Crippen LogP contribution is 2.35. The summed E-state index contributed by atoms with van der Waals surface area (Å²) in [5.41, 5.74) is 1.06. The smallest absolute Gasteiger partial charge is 0.433 e. The number of aliphatic hydroxyl groups is 1. The van der Waals surface area contributed by atoms with Crippen LogP contribution in [0.5, 0.6) is 5.75 Å². The van der Waals surface area contributed by atoms with Crippen LogP contribution in [0, 0.1) is 12.8 Å². The normalized spacial score (nSPS) is 15.5. The molecule has 4 rings (SSSR count). The number of piperazine rings is 1. The lowest BCUT2D eigenvalue weighted by Gasteiger charge is -2.38. The van der Waals surface area contributed by atoms with Gasteiger partial charge in [0.05, 0.1) is 18.0 Å². The molecule has 11 heteroatoms. The SMILES string of the molecule is CCC[C@@H](C(=O)N1CCN(c2cc(C(F)(F)F)nc3ccc(C)cc23)CC1)[C@H](O)C(=O)Nc1ccc(OCC)cc1. The highest BCUT2D eigenvalue weighted by atomic mass is 19.4. The molecule has 3 aromatic rings. The number of rotatable bonds is 9. The number of alkyl halides is 3. The van der Waals surface area contributed by atoms with Crippen molar-refractivity contribution < 1.29 is 32.6 Å². The summed E-state index contributed by atoms with van der Waals surface area (Å²) in [7, 11) is 0. The van der Waals surface area contributed by atoms with Crippen LogP contribution in [-0.2, 0) is 15.8 Å². The average molecular weight is 573 g/mol. The lowest BCUT2D eigenvalue weighted by atomic mass is 9.94. The Morgan fingerprint density at radius 3 is 2.34 bits per heavy atom. The minimum absolute atomic E-state index is 0.239. The molecule has 0 radical (unpaired) electrons. The molecule has 8 nitrogen and oxygen atoms in total. The summed E-state index contributed by atoms with van der Waals surface area (Å²) >= 11 is 0. The summed E-state index contributed by atoms with van der Waals surface area (Å²) in [6, 6.07) is 12.9. The number of aryl methyl sites for hydroxylation is 1. The van der Waals surface area contributed by atoms with Gasteiger partial charge in [-0.25, -0.2) is 4.98 Å². The predicted molar refractivity (Wildman–Crippen MR) is 151 cm³/mol. The van der Waals surface area contributed by atoms with Gasteiger partial charge in [-0.2, -0.15) is 13.2 Å². The summed E-state index contributed by atoms with van der Waals surface area (Å²) in [6.45, 7) is 7.17. The van der Waals surface area contributed by atoms with Crippen LogP contribution >= 0.6 is 0 Å². The third kappa shape index (κ3) is 7.08. The third-order valence-electron chi connectivity index (χ3n) is 7.16. The van der Waals surface area contributed by atoms with Crippen molar-refractivity contribution in [1.82, 2.24) is 9.88 Å². The second-order valence-corrected chi connectivity index (χ2v) is 10.1. The highest BCUT2D eigenvalue weighted by Gasteiger charge is 2.37. The van der Waals surface area contributed by atoms with Gasteiger partial charge in [-0.3, -0.25) is 9.59 Å². The fourth-order valence-corrected chi connectivity index (χ4v) is 5.06. The quantitative estimate of drug-likeness (QED) is 0.374. The van der Waals surface area contributed by atoms with Crippen LogP contribution in [0.4, 0.5) is 24.5 Å². The second-order valence-electron chi connectivity index (χ2n) is 10.1. The molecule has 2 amide bonds. The number of pyridine rings is 1. The van der Waals surface area contributed by atoms with Crippen LogP contribution in [0.25, 0.3) is 10.9 Å². The molecule has 0 saturated carbocycles. The van der Waals surface area contributed by atoms with Crippen LogP contribution in [0.2, 0.25) is 0 Å². The molecule has 0 unspecified atom stereocenters. The van der Waals surface area contributed by atoms with Gasteiger partial charge in [0.25, 0.3) is 5.91 Å². The van der Waals surface area contributed by atoms with Crippen molar-refractivity contribution in [2.24, 2.45) is 5.92 Å². The molecule has 0 aliphatic carbocycles. The molecular formula is C30H35F3N4O4. The Labute approximate surface area is 237 Å². The first-order chi connectivity index (χ1) is 19.5. The predicted octanol–water partition coefficient (Wildman–Crippen LogP) is 5.03. The number of halogens is 3. The molecule has 41 heavy (non-hydrogen) atoms. The van der Waals surface area contributed by atoms with Crippen molar-refractivity contribution in [2.75, 3.05) is 43.0 Å². The summed E-state index contributed by atoms with van der Waals surface area (Å²) in [5.74, 6) is -1.34. The van der Waals surface area contributed by atoms with E-state index >= 15 is 0 Å². The fraction of sp³-hybridized carbons (Fsp3) is 0.433. The number of amides is 2. The Morgan fingerprint density at radius 1 is 1.05 bits per heavy atom. The Kier molecular flexibility index (Phi) is 9.37. The molecule has 1 fully saturated rings. The van der Waals surface area contributed by atoms with E-state index in [0.717, 1.165) is 11.6 Å². The number of carbonyl (C=O) groups is 2. The van der Waals surface area contributed by atoms with Crippen molar-refractivity contribution >= 4 is 34.1 Å². The Hall–Kier alpha value is -3.86. The van der Waals surface area contributed by atoms with Crippen LogP contribution < -0.4 is 15.0 Å². The van der Waals surface area contributed by atoms with E-state index in [9.17, 15) is 27.9 Å². The molecule has 1 aliphatic heterocycles. The monoisotopic (exact) mass is 572 g/mol. The maximum Gasteiger partial charge on any atom is 0.433 e. The van der Waals surface area contributed by atoms with Gasteiger partial charge in [-0.15, -0.1) is 0 Å². The molecule has 2 N–H and O–H groups in total. The number of hydrogen-bond acceptors (Lipinski definition) is 6. The van der Waals surface area contributed by atoms with E-state index in [2.05, 4.69) is 10.3 Å². The van der Waals surface area contributed by atoms with Gasteiger partial charge >= 0.3 is 6.18 Å². The standard InChI is InChI=1S/C30H35F3N4O4/c1-4-6-22(27(38)28(39)34-20-8-10-21(11-9-20)41-5-2)29(40)37-15-13-36(14-16-37)25-18-26(30(31,32)33)35-24-12-7-19(3)17-23(24)25/h7-12,17-18,22,27,38H,4-6,13-16H2,1-3H3,(H,34,39)/t22-,27+/m1/s1. The zero-order valence-corrected chi connectivity index (χ0v) is 23.4. The molecule has 0 spiro atoms. The van der Waals surface area contributed by atoms with Crippen molar-refractivity contribution in [2.45, 2.75) is 45.9 Å². The first kappa shape index (κ1) is 30.1. The van der Waals surface area contributed by atoms with E-state index in [4.69, 9.17) is 4.74 Å². The summed E-state index contributed by atoms with van der Waals surface area (Å²) in [6.07, 6.45) is -5.28. The number of anilines is 2. The van der Waals surface area contributed by atoms with Gasteiger partial charge in [0.15, 0.2) is 0 Å². The molecule has 2 heterocycles. The highest BCUT2D eigenvalue weighted by molar-refractivity contribution is 5.98. The first-order valence-electron chi connectivity index (χ1n) is 13.8. The molecule has 0 bridgehead atoms. The number of benzene rings is 2. The van der Waals surface area contributed by atoms with E-state index in [-0.39, 0.29) is 24.5 Å². The molecule has 1 aliphatic rings. The number of nitrogens with zero attached hydrogens (tertiary/aromatic N) is 3. The maximum atomic E-state index is 13.6. The summed E-state index contributed by atoms with van der Waals surface area (Å²) in [5, 5.41) is 14.2. The van der Waals surface area contributed by atoms with E-state index in [1.54, 1.807) is 41.3 Å². The van der Waals surface area contributed by atoms with Crippen LogP contribution in [0.3, 0.4) is 0 Å². The van der Waals surface area contributed by atoms with Gasteiger partial charge in [-0.1, -0.05) is 25.0 Å². The third-order valence-corrected chi connectivity index (χ3v) is 7.16. The van der Waals surface area contributed by atoms with Crippen LogP contribution in [0.15, 0.2) is 48.5 Å². The van der Waals surface area contributed by atoms with Crippen LogP contribution in [0.1, 0.15) is 37.9 Å². The maximum absolute atomic E-state index is 13.6. The number of carbonyl (C=O) groups excluding carboxylic acids is 2. The molecule has 2 atom stereocenters. The Balaban J connectivity index is 1.46. The van der Waals surface area contributed by atoms with Gasteiger partial charge in [0.1, 0.15) is 17.5 Å². The lowest BCUT2D eigenvalue weighted by Crippen LogP contribution is -2.53. The zero-order valence-electron chi connectivity index (χ0n) is 23.4. The van der Waals surface area contributed by atoms with Gasteiger partial charge in [-0.05, 0) is 62.7 Å². The summed E-state index contributed by atoms with van der Waals surface area (Å²) in [4.78, 5) is 33.6. The number of hydrogen-bond donors (Lipinski definition) is 2. The molecular weight excluding hydrogens is 537 g/mol. The van der Waals surface area contributed by atoms with Gasteiger partial charge < -0.3 is 25.0 Å². The van der Waals surface area contributed by atoms with E-state index < -0.39 is 29.8 Å². The van der Waals surface area contributed by atoms with Crippen molar-refractivity contribution in [1.29, 1.82) is 0 Å². The zero-order chi connectivity index (χ0) is 29.7. The number of aliphatic hydroxyl groups excluding tert-OH is 1. The largest absolute Gasteiger partial charge is 0.494 e. The first-order valence-corrected chi connectivity index (χ1v) is 13.8. The number of aromatic nitrogens is 1. The lowest BCUT2D eigenvalue weighted by molar-refractivity contribution is -0.145. The fourth-order valence-electron chi connectivity index (χ4n) is 5.06. The van der Waals surface area contributed by atoms with Gasteiger partial charge in [0, 0.05) is 42.9 Å².